The third-order valence-electron chi connectivity index (χ3n) is 4.12. The summed E-state index contributed by atoms with van der Waals surface area (Å²) in [4.78, 5) is 27.6. The topological polar surface area (TPSA) is 59.1 Å². The summed E-state index contributed by atoms with van der Waals surface area (Å²) >= 11 is 0. The third-order valence-corrected chi connectivity index (χ3v) is 4.12. The summed E-state index contributed by atoms with van der Waals surface area (Å²) in [5, 5.41) is 0. The fraction of sp³-hybridized carbons (Fsp3) is 0.556. The van der Waals surface area contributed by atoms with Crippen LogP contribution in [0.5, 0.6) is 5.75 Å². The van der Waals surface area contributed by atoms with Gasteiger partial charge in [-0.05, 0) is 31.9 Å². The number of rotatable bonds is 5. The quantitative estimate of drug-likeness (QED) is 0.829. The minimum absolute atomic E-state index is 0.0515. The van der Waals surface area contributed by atoms with Crippen LogP contribution in [0.3, 0.4) is 0 Å². The first-order chi connectivity index (χ1) is 11.6. The summed E-state index contributed by atoms with van der Waals surface area (Å²) in [5.74, 6) is 0.704. The van der Waals surface area contributed by atoms with Gasteiger partial charge in [0, 0.05) is 26.2 Å². The Morgan fingerprint density at radius 2 is 1.71 bits per heavy atom. The maximum atomic E-state index is 12.6. The van der Waals surface area contributed by atoms with E-state index in [1.54, 1.807) is 23.6 Å². The first-order valence-electron chi connectivity index (χ1n) is 8.51. The highest BCUT2D eigenvalue weighted by atomic mass is 16.6. The minimum Gasteiger partial charge on any atom is -0.481 e. The molecule has 6 heteroatoms. The lowest BCUT2D eigenvalue weighted by molar-refractivity contribution is -0.139. The lowest BCUT2D eigenvalue weighted by Gasteiger charge is -2.35. The van der Waals surface area contributed by atoms with E-state index in [0.29, 0.717) is 32.8 Å². The Hall–Kier alpha value is -2.24. The van der Waals surface area contributed by atoms with Crippen LogP contribution in [0.1, 0.15) is 26.3 Å². The van der Waals surface area contributed by atoms with Crippen molar-refractivity contribution in [3.8, 4) is 5.75 Å². The predicted molar refractivity (Wildman–Crippen MR) is 91.1 cm³/mol. The normalized spacial score (nSPS) is 15.8. The van der Waals surface area contributed by atoms with Crippen molar-refractivity contribution >= 4 is 12.0 Å². The third kappa shape index (κ3) is 4.40. The average molecular weight is 334 g/mol. The van der Waals surface area contributed by atoms with Gasteiger partial charge in [-0.25, -0.2) is 4.79 Å². The SMILES string of the molecule is CCOC(=O)N1CCN(C(=O)[C@H](C)Oc2ccccc2CC)CC1. The summed E-state index contributed by atoms with van der Waals surface area (Å²) in [6, 6.07) is 7.77. The standard InChI is InChI=1S/C18H26N2O4/c1-4-15-8-6-7-9-16(15)24-14(3)17(21)19-10-12-20(13-11-19)18(22)23-5-2/h6-9,14H,4-5,10-13H2,1-3H3/t14-/m0/s1. The minimum atomic E-state index is -0.549. The second kappa shape index (κ2) is 8.57. The number of amides is 2. The van der Waals surface area contributed by atoms with Crippen LogP contribution in [0.25, 0.3) is 0 Å². The van der Waals surface area contributed by atoms with Crippen molar-refractivity contribution in [2.45, 2.75) is 33.3 Å². The van der Waals surface area contributed by atoms with E-state index in [9.17, 15) is 9.59 Å². The molecule has 1 aromatic carbocycles. The van der Waals surface area contributed by atoms with Crippen molar-refractivity contribution < 1.29 is 19.1 Å². The maximum absolute atomic E-state index is 12.6. The van der Waals surface area contributed by atoms with Gasteiger partial charge in [-0.2, -0.15) is 0 Å². The number of ether oxygens (including phenoxy) is 2. The van der Waals surface area contributed by atoms with E-state index in [1.165, 1.54) is 0 Å². The molecule has 1 aromatic rings. The molecule has 1 fully saturated rings. The number of aryl methyl sites for hydroxylation is 1. The van der Waals surface area contributed by atoms with Gasteiger partial charge >= 0.3 is 6.09 Å². The molecule has 1 heterocycles. The van der Waals surface area contributed by atoms with Crippen LogP contribution in [0.4, 0.5) is 4.79 Å². The zero-order valence-corrected chi connectivity index (χ0v) is 14.7. The number of nitrogens with zero attached hydrogens (tertiary/aromatic N) is 2. The predicted octanol–water partition coefficient (Wildman–Crippen LogP) is 2.32. The van der Waals surface area contributed by atoms with Gasteiger partial charge in [0.2, 0.25) is 0 Å². The number of para-hydroxylation sites is 1. The summed E-state index contributed by atoms with van der Waals surface area (Å²) < 4.78 is 10.9. The van der Waals surface area contributed by atoms with Crippen molar-refractivity contribution in [3.05, 3.63) is 29.8 Å². The van der Waals surface area contributed by atoms with Crippen LogP contribution >= 0.6 is 0 Å². The summed E-state index contributed by atoms with van der Waals surface area (Å²) in [6.45, 7) is 7.95. The van der Waals surface area contributed by atoms with Crippen LogP contribution in [-0.4, -0.2) is 60.7 Å². The van der Waals surface area contributed by atoms with E-state index in [-0.39, 0.29) is 12.0 Å². The molecular weight excluding hydrogens is 308 g/mol. The van der Waals surface area contributed by atoms with Crippen molar-refractivity contribution in [2.75, 3.05) is 32.8 Å². The smallest absolute Gasteiger partial charge is 0.409 e. The van der Waals surface area contributed by atoms with Gasteiger partial charge in [-0.3, -0.25) is 4.79 Å². The van der Waals surface area contributed by atoms with E-state index in [4.69, 9.17) is 9.47 Å². The maximum Gasteiger partial charge on any atom is 0.409 e. The van der Waals surface area contributed by atoms with Crippen molar-refractivity contribution in [1.82, 2.24) is 9.80 Å². The molecule has 1 atom stereocenters. The van der Waals surface area contributed by atoms with Crippen LogP contribution in [0.15, 0.2) is 24.3 Å². The molecule has 0 N–H and O–H groups in total. The largest absolute Gasteiger partial charge is 0.481 e. The monoisotopic (exact) mass is 334 g/mol. The lowest BCUT2D eigenvalue weighted by atomic mass is 10.1. The first-order valence-corrected chi connectivity index (χ1v) is 8.51. The van der Waals surface area contributed by atoms with Crippen LogP contribution < -0.4 is 4.74 Å². The molecule has 1 saturated heterocycles. The number of hydrogen-bond donors (Lipinski definition) is 0. The Bertz CT molecular complexity index is 568. The number of hydrogen-bond acceptors (Lipinski definition) is 4. The van der Waals surface area contributed by atoms with E-state index < -0.39 is 6.10 Å². The van der Waals surface area contributed by atoms with Gasteiger partial charge in [-0.15, -0.1) is 0 Å². The number of piperazine rings is 1. The zero-order chi connectivity index (χ0) is 17.5. The molecule has 2 amide bonds. The molecule has 0 spiro atoms. The molecule has 0 radical (unpaired) electrons. The molecule has 1 aliphatic heterocycles. The molecular formula is C18H26N2O4. The molecule has 0 unspecified atom stereocenters. The Labute approximate surface area is 143 Å². The fourth-order valence-corrected chi connectivity index (χ4v) is 2.73. The van der Waals surface area contributed by atoms with E-state index in [2.05, 4.69) is 6.92 Å². The highest BCUT2D eigenvalue weighted by Crippen LogP contribution is 2.20. The molecule has 6 nitrogen and oxygen atoms in total. The second-order valence-electron chi connectivity index (χ2n) is 5.73. The van der Waals surface area contributed by atoms with Crippen molar-refractivity contribution in [1.29, 1.82) is 0 Å². The van der Waals surface area contributed by atoms with E-state index >= 15 is 0 Å². The van der Waals surface area contributed by atoms with Gasteiger partial charge in [0.1, 0.15) is 5.75 Å². The van der Waals surface area contributed by atoms with Gasteiger partial charge in [0.25, 0.3) is 5.91 Å². The Balaban J connectivity index is 1.89. The molecule has 132 valence electrons. The second-order valence-corrected chi connectivity index (χ2v) is 5.73. The molecule has 0 bridgehead atoms. The highest BCUT2D eigenvalue weighted by Gasteiger charge is 2.28. The Morgan fingerprint density at radius 3 is 2.33 bits per heavy atom. The molecule has 24 heavy (non-hydrogen) atoms. The molecule has 0 saturated carbocycles. The van der Waals surface area contributed by atoms with Crippen LogP contribution in [-0.2, 0) is 16.0 Å². The molecule has 0 aromatic heterocycles. The number of benzene rings is 1. The van der Waals surface area contributed by atoms with Crippen LogP contribution in [0, 0.1) is 0 Å². The molecule has 1 aliphatic rings. The number of carbonyl (C=O) groups excluding carboxylic acids is 2. The van der Waals surface area contributed by atoms with Gasteiger partial charge in [0.05, 0.1) is 6.61 Å². The van der Waals surface area contributed by atoms with Gasteiger partial charge in [0.15, 0.2) is 6.10 Å². The van der Waals surface area contributed by atoms with Crippen molar-refractivity contribution in [3.63, 3.8) is 0 Å². The van der Waals surface area contributed by atoms with E-state index in [0.717, 1.165) is 17.7 Å². The molecule has 2 rings (SSSR count). The molecule has 0 aliphatic carbocycles. The summed E-state index contributed by atoms with van der Waals surface area (Å²) in [6.07, 6.45) is -0.00687. The zero-order valence-electron chi connectivity index (χ0n) is 14.7. The summed E-state index contributed by atoms with van der Waals surface area (Å²) in [5.41, 5.74) is 1.09. The van der Waals surface area contributed by atoms with E-state index in [1.807, 2.05) is 24.3 Å². The highest BCUT2D eigenvalue weighted by molar-refractivity contribution is 5.81. The average Bonchev–Trinajstić information content (AvgIpc) is 2.61. The fourth-order valence-electron chi connectivity index (χ4n) is 2.73. The first kappa shape index (κ1) is 18.1. The van der Waals surface area contributed by atoms with Crippen LogP contribution in [0.2, 0.25) is 0 Å². The van der Waals surface area contributed by atoms with Gasteiger partial charge < -0.3 is 19.3 Å². The number of carbonyl (C=O) groups is 2. The summed E-state index contributed by atoms with van der Waals surface area (Å²) in [7, 11) is 0. The van der Waals surface area contributed by atoms with Gasteiger partial charge in [-0.1, -0.05) is 25.1 Å². The Morgan fingerprint density at radius 1 is 1.08 bits per heavy atom. The lowest BCUT2D eigenvalue weighted by Crippen LogP contribution is -2.53. The Kier molecular flexibility index (Phi) is 6.46. The van der Waals surface area contributed by atoms with Crippen molar-refractivity contribution in [2.24, 2.45) is 0 Å².